The van der Waals surface area contributed by atoms with Gasteiger partial charge in [0.05, 0.1) is 36.7 Å². The molecule has 1 unspecified atom stereocenters. The molecule has 2 N–H and O–H groups in total. The molecule has 0 saturated carbocycles. The van der Waals surface area contributed by atoms with E-state index >= 15 is 0 Å². The Morgan fingerprint density at radius 1 is 1.42 bits per heavy atom. The average Bonchev–Trinajstić information content (AvgIpc) is 2.67. The zero-order chi connectivity index (χ0) is 19.0. The van der Waals surface area contributed by atoms with Gasteiger partial charge in [-0.1, -0.05) is 6.07 Å². The van der Waals surface area contributed by atoms with Gasteiger partial charge in [0, 0.05) is 25.2 Å². The fraction of sp³-hybridized carbons (Fsp3) is 0.529. The number of benzene rings is 1. The lowest BCUT2D eigenvalue weighted by Crippen LogP contribution is -2.39. The summed E-state index contributed by atoms with van der Waals surface area (Å²) < 4.78 is 32.1. The quantitative estimate of drug-likeness (QED) is 0.627. The SMILES string of the molecule is N#CC1CCCN(C(=O)c2cccc(S(=O)(=O)NCCOCCO)c2)C1. The number of ether oxygens (including phenoxy) is 1. The number of nitrogens with zero attached hydrogens (tertiary/aromatic N) is 2. The fourth-order valence-electron chi connectivity index (χ4n) is 2.74. The highest BCUT2D eigenvalue weighted by Crippen LogP contribution is 2.19. The first-order valence-electron chi connectivity index (χ1n) is 8.45. The van der Waals surface area contributed by atoms with Gasteiger partial charge in [-0.05, 0) is 31.0 Å². The zero-order valence-corrected chi connectivity index (χ0v) is 15.2. The van der Waals surface area contributed by atoms with Crippen LogP contribution in [0, 0.1) is 17.2 Å². The number of nitrogens with one attached hydrogen (secondary N) is 1. The molecule has 1 aliphatic heterocycles. The molecular weight excluding hydrogens is 358 g/mol. The van der Waals surface area contributed by atoms with E-state index in [2.05, 4.69) is 10.8 Å². The van der Waals surface area contributed by atoms with Gasteiger partial charge in [0.1, 0.15) is 0 Å². The molecule has 9 heteroatoms. The van der Waals surface area contributed by atoms with Crippen LogP contribution in [0.4, 0.5) is 0 Å². The molecule has 2 rings (SSSR count). The second kappa shape index (κ2) is 9.64. The topological polar surface area (TPSA) is 120 Å². The van der Waals surface area contributed by atoms with E-state index in [1.54, 1.807) is 11.0 Å². The maximum Gasteiger partial charge on any atom is 0.253 e. The Morgan fingerprint density at radius 2 is 2.23 bits per heavy atom. The van der Waals surface area contributed by atoms with Crippen LogP contribution in [-0.4, -0.2) is 63.8 Å². The lowest BCUT2D eigenvalue weighted by molar-refractivity contribution is 0.0698. The van der Waals surface area contributed by atoms with Crippen molar-refractivity contribution >= 4 is 15.9 Å². The van der Waals surface area contributed by atoms with Crippen LogP contribution >= 0.6 is 0 Å². The zero-order valence-electron chi connectivity index (χ0n) is 14.4. The summed E-state index contributed by atoms with van der Waals surface area (Å²) in [6.07, 6.45) is 1.54. The fourth-order valence-corrected chi connectivity index (χ4v) is 3.80. The summed E-state index contributed by atoms with van der Waals surface area (Å²) in [6.45, 7) is 1.16. The molecule has 1 amide bonds. The smallest absolute Gasteiger partial charge is 0.253 e. The molecule has 1 aromatic carbocycles. The van der Waals surface area contributed by atoms with E-state index < -0.39 is 10.0 Å². The van der Waals surface area contributed by atoms with Crippen LogP contribution in [-0.2, 0) is 14.8 Å². The van der Waals surface area contributed by atoms with Crippen molar-refractivity contribution in [3.8, 4) is 6.07 Å². The highest BCUT2D eigenvalue weighted by atomic mass is 32.2. The number of sulfonamides is 1. The molecule has 26 heavy (non-hydrogen) atoms. The molecule has 142 valence electrons. The highest BCUT2D eigenvalue weighted by molar-refractivity contribution is 7.89. The Labute approximate surface area is 153 Å². The Morgan fingerprint density at radius 3 is 2.96 bits per heavy atom. The maximum atomic E-state index is 12.6. The van der Waals surface area contributed by atoms with Crippen molar-refractivity contribution in [2.24, 2.45) is 5.92 Å². The number of aliphatic hydroxyl groups excluding tert-OH is 1. The van der Waals surface area contributed by atoms with Crippen molar-refractivity contribution < 1.29 is 23.1 Å². The summed E-state index contributed by atoms with van der Waals surface area (Å²) >= 11 is 0. The molecule has 1 atom stereocenters. The molecule has 0 radical (unpaired) electrons. The van der Waals surface area contributed by atoms with Gasteiger partial charge < -0.3 is 14.7 Å². The predicted molar refractivity (Wildman–Crippen MR) is 93.8 cm³/mol. The third-order valence-electron chi connectivity index (χ3n) is 4.06. The number of carbonyl (C=O) groups is 1. The lowest BCUT2D eigenvalue weighted by atomic mass is 9.99. The molecule has 0 aliphatic carbocycles. The van der Waals surface area contributed by atoms with E-state index in [4.69, 9.17) is 15.1 Å². The second-order valence-electron chi connectivity index (χ2n) is 5.98. The molecule has 0 aromatic heterocycles. The van der Waals surface area contributed by atoms with E-state index in [9.17, 15) is 13.2 Å². The number of hydrogen-bond donors (Lipinski definition) is 2. The van der Waals surface area contributed by atoms with Gasteiger partial charge in [-0.3, -0.25) is 4.79 Å². The van der Waals surface area contributed by atoms with Crippen molar-refractivity contribution in [3.63, 3.8) is 0 Å². The standard InChI is InChI=1S/C17H23N3O5S/c18-12-14-3-2-7-20(13-14)17(22)15-4-1-5-16(11-15)26(23,24)19-6-9-25-10-8-21/h1,4-5,11,14,19,21H,2-3,6-10,13H2. The van der Waals surface area contributed by atoms with Crippen LogP contribution in [0.15, 0.2) is 29.2 Å². The van der Waals surface area contributed by atoms with Gasteiger partial charge >= 0.3 is 0 Å². The molecule has 0 spiro atoms. The van der Waals surface area contributed by atoms with Crippen molar-refractivity contribution in [3.05, 3.63) is 29.8 Å². The Kier molecular flexibility index (Phi) is 7.53. The first-order valence-corrected chi connectivity index (χ1v) is 9.93. The number of piperidine rings is 1. The molecular formula is C17H23N3O5S. The van der Waals surface area contributed by atoms with Crippen molar-refractivity contribution in [1.82, 2.24) is 9.62 Å². The largest absolute Gasteiger partial charge is 0.394 e. The Hall–Kier alpha value is -1.99. The van der Waals surface area contributed by atoms with Crippen LogP contribution in [0.2, 0.25) is 0 Å². The van der Waals surface area contributed by atoms with E-state index in [1.165, 1.54) is 18.2 Å². The summed E-state index contributed by atoms with van der Waals surface area (Å²) in [5.74, 6) is -0.450. The summed E-state index contributed by atoms with van der Waals surface area (Å²) in [6, 6.07) is 8.04. The number of hydrogen-bond acceptors (Lipinski definition) is 6. The van der Waals surface area contributed by atoms with E-state index in [-0.39, 0.29) is 48.6 Å². The highest BCUT2D eigenvalue weighted by Gasteiger charge is 2.25. The average molecular weight is 381 g/mol. The normalized spacial score (nSPS) is 17.7. The van der Waals surface area contributed by atoms with Crippen LogP contribution < -0.4 is 4.72 Å². The van der Waals surface area contributed by atoms with Crippen LogP contribution in [0.5, 0.6) is 0 Å². The van der Waals surface area contributed by atoms with Crippen LogP contribution in [0.1, 0.15) is 23.2 Å². The first kappa shape index (κ1) is 20.3. The lowest BCUT2D eigenvalue weighted by Gasteiger charge is -2.29. The molecule has 1 heterocycles. The minimum absolute atomic E-state index is 0.000601. The number of carbonyl (C=O) groups excluding carboxylic acids is 1. The maximum absolute atomic E-state index is 12.6. The monoisotopic (exact) mass is 381 g/mol. The van der Waals surface area contributed by atoms with Gasteiger partial charge in [-0.15, -0.1) is 0 Å². The Balaban J connectivity index is 2.04. The third kappa shape index (κ3) is 5.51. The molecule has 8 nitrogen and oxygen atoms in total. The van der Waals surface area contributed by atoms with E-state index in [0.29, 0.717) is 13.1 Å². The summed E-state index contributed by atoms with van der Waals surface area (Å²) in [7, 11) is -3.77. The minimum Gasteiger partial charge on any atom is -0.394 e. The number of amides is 1. The van der Waals surface area contributed by atoms with E-state index in [1.807, 2.05) is 0 Å². The van der Waals surface area contributed by atoms with Crippen molar-refractivity contribution in [2.75, 3.05) is 39.5 Å². The van der Waals surface area contributed by atoms with Gasteiger partial charge in [0.15, 0.2) is 0 Å². The van der Waals surface area contributed by atoms with Gasteiger partial charge in [-0.25, -0.2) is 13.1 Å². The van der Waals surface area contributed by atoms with Crippen molar-refractivity contribution in [1.29, 1.82) is 5.26 Å². The molecule has 1 fully saturated rings. The van der Waals surface area contributed by atoms with Gasteiger partial charge in [0.25, 0.3) is 5.91 Å². The van der Waals surface area contributed by atoms with Gasteiger partial charge in [0.2, 0.25) is 10.0 Å². The second-order valence-corrected chi connectivity index (χ2v) is 7.75. The van der Waals surface area contributed by atoms with Crippen LogP contribution in [0.3, 0.4) is 0 Å². The molecule has 1 aliphatic rings. The molecule has 1 aromatic rings. The van der Waals surface area contributed by atoms with Crippen molar-refractivity contribution in [2.45, 2.75) is 17.7 Å². The summed E-state index contributed by atoms with van der Waals surface area (Å²) in [5.41, 5.74) is 0.281. The number of rotatable bonds is 8. The molecule has 0 bridgehead atoms. The van der Waals surface area contributed by atoms with Gasteiger partial charge in [-0.2, -0.15) is 5.26 Å². The third-order valence-corrected chi connectivity index (χ3v) is 5.52. The minimum atomic E-state index is -3.77. The number of nitriles is 1. The van der Waals surface area contributed by atoms with Crippen LogP contribution in [0.25, 0.3) is 0 Å². The first-order chi connectivity index (χ1) is 12.5. The predicted octanol–water partition coefficient (Wildman–Crippen LogP) is 0.350. The number of likely N-dealkylation sites (tertiary alicyclic amines) is 1. The number of aliphatic hydroxyl groups is 1. The summed E-state index contributed by atoms with van der Waals surface area (Å²) in [5, 5.41) is 17.7. The van der Waals surface area contributed by atoms with E-state index in [0.717, 1.165) is 12.8 Å². The molecule has 1 saturated heterocycles. The Bertz CT molecular complexity index is 760. The summed E-state index contributed by atoms with van der Waals surface area (Å²) in [4.78, 5) is 14.2.